The minimum atomic E-state index is -0.779. The van der Waals surface area contributed by atoms with Crippen LogP contribution >= 0.6 is 0 Å². The monoisotopic (exact) mass is 231 g/mol. The fourth-order valence-corrected chi connectivity index (χ4v) is 1.60. The first kappa shape index (κ1) is 11.2. The Morgan fingerprint density at radius 2 is 2.18 bits per heavy atom. The number of rotatable bonds is 4. The summed E-state index contributed by atoms with van der Waals surface area (Å²) in [4.78, 5) is 14.8. The second kappa shape index (κ2) is 5.16. The molecule has 5 nitrogen and oxygen atoms in total. The molecule has 0 bridgehead atoms. The number of amides is 1. The van der Waals surface area contributed by atoms with E-state index in [1.54, 1.807) is 18.7 Å². The van der Waals surface area contributed by atoms with Crippen molar-refractivity contribution in [3.63, 3.8) is 0 Å². The Bertz CT molecular complexity index is 468. The summed E-state index contributed by atoms with van der Waals surface area (Å²) in [5.74, 6) is 0. The van der Waals surface area contributed by atoms with Gasteiger partial charge in [-0.15, -0.1) is 0 Å². The second-order valence-electron chi connectivity index (χ2n) is 3.60. The fraction of sp³-hybridized carbons (Fsp3) is 0.167. The molecule has 0 saturated carbocycles. The van der Waals surface area contributed by atoms with E-state index in [4.69, 9.17) is 10.5 Å². The lowest BCUT2D eigenvalue weighted by atomic mass is 10.1. The average molecular weight is 231 g/mol. The van der Waals surface area contributed by atoms with Gasteiger partial charge in [-0.25, -0.2) is 9.78 Å². The molecule has 88 valence electrons. The molecule has 5 heteroatoms. The summed E-state index contributed by atoms with van der Waals surface area (Å²) in [6.45, 7) is 0.493. The first-order valence-electron chi connectivity index (χ1n) is 5.22. The molecule has 17 heavy (non-hydrogen) atoms. The number of nitrogens with zero attached hydrogens (tertiary/aromatic N) is 2. The number of carbonyl (C=O) groups is 1. The quantitative estimate of drug-likeness (QED) is 0.870. The van der Waals surface area contributed by atoms with Crippen molar-refractivity contribution in [1.82, 2.24) is 9.55 Å². The smallest absolute Gasteiger partial charge is 0.405 e. The number of hydrogen-bond acceptors (Lipinski definition) is 3. The van der Waals surface area contributed by atoms with Crippen LogP contribution < -0.4 is 5.73 Å². The molecule has 0 radical (unpaired) electrons. The highest BCUT2D eigenvalue weighted by Gasteiger charge is 2.15. The van der Waals surface area contributed by atoms with Crippen LogP contribution in [0.1, 0.15) is 11.7 Å². The number of hydrogen-bond donors (Lipinski definition) is 1. The normalized spacial score (nSPS) is 12.0. The molecule has 0 spiro atoms. The van der Waals surface area contributed by atoms with Gasteiger partial charge in [0.2, 0.25) is 0 Å². The van der Waals surface area contributed by atoms with Gasteiger partial charge in [0.05, 0.1) is 12.9 Å². The fourth-order valence-electron chi connectivity index (χ4n) is 1.60. The summed E-state index contributed by atoms with van der Waals surface area (Å²) in [6, 6.07) is 9.47. The van der Waals surface area contributed by atoms with E-state index in [1.807, 2.05) is 34.9 Å². The molecule has 1 aromatic heterocycles. The van der Waals surface area contributed by atoms with Gasteiger partial charge in [0, 0.05) is 12.4 Å². The zero-order valence-electron chi connectivity index (χ0n) is 9.19. The Kier molecular flexibility index (Phi) is 3.40. The van der Waals surface area contributed by atoms with Crippen molar-refractivity contribution in [3.8, 4) is 0 Å². The standard InChI is InChI=1S/C12H13N3O2/c13-12(16)17-11(8-15-7-6-14-9-15)10-4-2-1-3-5-10/h1-7,9,11H,8H2,(H2,13,16). The Balaban J connectivity index is 2.16. The van der Waals surface area contributed by atoms with Crippen LogP contribution in [0, 0.1) is 0 Å². The number of aromatic nitrogens is 2. The first-order chi connectivity index (χ1) is 8.25. The Labute approximate surface area is 98.8 Å². The highest BCUT2D eigenvalue weighted by Crippen LogP contribution is 2.19. The molecule has 1 heterocycles. The summed E-state index contributed by atoms with van der Waals surface area (Å²) in [7, 11) is 0. The lowest BCUT2D eigenvalue weighted by Gasteiger charge is -2.17. The lowest BCUT2D eigenvalue weighted by molar-refractivity contribution is 0.0957. The van der Waals surface area contributed by atoms with Crippen LogP contribution in [0.4, 0.5) is 4.79 Å². The van der Waals surface area contributed by atoms with Gasteiger partial charge >= 0.3 is 6.09 Å². The maximum Gasteiger partial charge on any atom is 0.405 e. The lowest BCUT2D eigenvalue weighted by Crippen LogP contribution is -2.20. The van der Waals surface area contributed by atoms with Crippen LogP contribution in [0.2, 0.25) is 0 Å². The molecular formula is C12H13N3O2. The third kappa shape index (κ3) is 3.07. The predicted octanol–water partition coefficient (Wildman–Crippen LogP) is 1.72. The molecule has 0 saturated heterocycles. The number of nitrogens with two attached hydrogens (primary N) is 1. The van der Waals surface area contributed by atoms with E-state index in [-0.39, 0.29) is 0 Å². The number of primary amides is 1. The first-order valence-corrected chi connectivity index (χ1v) is 5.22. The minimum absolute atomic E-state index is 0.400. The Morgan fingerprint density at radius 1 is 1.41 bits per heavy atom. The third-order valence-corrected chi connectivity index (χ3v) is 2.37. The van der Waals surface area contributed by atoms with Gasteiger partial charge in [0.25, 0.3) is 0 Å². The Hall–Kier alpha value is -2.30. The molecule has 0 aliphatic carbocycles. The van der Waals surface area contributed by atoms with Crippen molar-refractivity contribution in [1.29, 1.82) is 0 Å². The molecular weight excluding hydrogens is 218 g/mol. The van der Waals surface area contributed by atoms with Crippen molar-refractivity contribution < 1.29 is 9.53 Å². The van der Waals surface area contributed by atoms with Gasteiger partial charge in [-0.2, -0.15) is 0 Å². The molecule has 1 aromatic carbocycles. The van der Waals surface area contributed by atoms with Crippen molar-refractivity contribution in [3.05, 3.63) is 54.6 Å². The summed E-state index contributed by atoms with van der Waals surface area (Å²) in [5, 5.41) is 0. The van der Waals surface area contributed by atoms with Crippen LogP contribution in [-0.2, 0) is 11.3 Å². The molecule has 2 rings (SSSR count). The molecule has 0 aliphatic rings. The van der Waals surface area contributed by atoms with Crippen molar-refractivity contribution in [2.75, 3.05) is 0 Å². The molecule has 0 aliphatic heterocycles. The molecule has 1 amide bonds. The van der Waals surface area contributed by atoms with Gasteiger partial charge in [-0.05, 0) is 5.56 Å². The van der Waals surface area contributed by atoms with Crippen LogP contribution in [-0.4, -0.2) is 15.6 Å². The van der Waals surface area contributed by atoms with E-state index in [0.717, 1.165) is 5.56 Å². The van der Waals surface area contributed by atoms with Gasteiger partial charge in [-0.3, -0.25) is 0 Å². The van der Waals surface area contributed by atoms with E-state index in [2.05, 4.69) is 4.98 Å². The van der Waals surface area contributed by atoms with Crippen LogP contribution in [0.3, 0.4) is 0 Å². The summed E-state index contributed by atoms with van der Waals surface area (Å²) in [6.07, 6.45) is 3.97. The van der Waals surface area contributed by atoms with Crippen LogP contribution in [0.25, 0.3) is 0 Å². The van der Waals surface area contributed by atoms with Crippen molar-refractivity contribution in [2.45, 2.75) is 12.6 Å². The van der Waals surface area contributed by atoms with Gasteiger partial charge in [0.1, 0.15) is 6.10 Å². The molecule has 0 fully saturated rings. The zero-order chi connectivity index (χ0) is 12.1. The van der Waals surface area contributed by atoms with Gasteiger partial charge < -0.3 is 15.0 Å². The molecule has 1 atom stereocenters. The highest BCUT2D eigenvalue weighted by molar-refractivity contribution is 5.65. The molecule has 2 N–H and O–H groups in total. The summed E-state index contributed by atoms with van der Waals surface area (Å²) < 4.78 is 6.93. The van der Waals surface area contributed by atoms with Gasteiger partial charge in [0.15, 0.2) is 0 Å². The number of ether oxygens (including phenoxy) is 1. The van der Waals surface area contributed by atoms with Crippen LogP contribution in [0.5, 0.6) is 0 Å². The highest BCUT2D eigenvalue weighted by atomic mass is 16.6. The molecule has 2 aromatic rings. The van der Waals surface area contributed by atoms with Crippen molar-refractivity contribution >= 4 is 6.09 Å². The molecule has 1 unspecified atom stereocenters. The SMILES string of the molecule is NC(=O)OC(Cn1ccnc1)c1ccccc1. The number of carbonyl (C=O) groups excluding carboxylic acids is 1. The van der Waals surface area contributed by atoms with Gasteiger partial charge in [-0.1, -0.05) is 30.3 Å². The summed E-state index contributed by atoms with van der Waals surface area (Å²) in [5.41, 5.74) is 5.98. The van der Waals surface area contributed by atoms with Crippen molar-refractivity contribution in [2.24, 2.45) is 5.73 Å². The summed E-state index contributed by atoms with van der Waals surface area (Å²) >= 11 is 0. The predicted molar refractivity (Wildman–Crippen MR) is 62.1 cm³/mol. The number of benzene rings is 1. The van der Waals surface area contributed by atoms with E-state index in [9.17, 15) is 4.79 Å². The van der Waals surface area contributed by atoms with E-state index in [0.29, 0.717) is 6.54 Å². The van der Waals surface area contributed by atoms with E-state index in [1.165, 1.54) is 0 Å². The maximum absolute atomic E-state index is 10.9. The number of imidazole rings is 1. The zero-order valence-corrected chi connectivity index (χ0v) is 9.19. The van der Waals surface area contributed by atoms with Crippen LogP contribution in [0.15, 0.2) is 49.1 Å². The maximum atomic E-state index is 10.9. The average Bonchev–Trinajstić information content (AvgIpc) is 2.82. The minimum Gasteiger partial charge on any atom is -0.440 e. The second-order valence-corrected chi connectivity index (χ2v) is 3.60. The van der Waals surface area contributed by atoms with E-state index < -0.39 is 12.2 Å². The van der Waals surface area contributed by atoms with E-state index >= 15 is 0 Å². The Morgan fingerprint density at radius 3 is 2.76 bits per heavy atom. The topological polar surface area (TPSA) is 70.1 Å². The third-order valence-electron chi connectivity index (χ3n) is 2.37. The largest absolute Gasteiger partial charge is 0.440 e.